The number of carbonyl (C=O) groups is 1. The van der Waals surface area contributed by atoms with E-state index in [0.717, 1.165) is 25.7 Å². The second-order valence-electron chi connectivity index (χ2n) is 12.1. The molecule has 0 saturated carbocycles. The first-order chi connectivity index (χ1) is 18.7. The molecule has 1 unspecified atom stereocenters. The van der Waals surface area contributed by atoms with E-state index in [0.29, 0.717) is 36.3 Å². The van der Waals surface area contributed by atoms with E-state index in [1.54, 1.807) is 13.0 Å². The fraction of sp³-hybridized carbons (Fsp3) is 0.677. The third-order valence-electron chi connectivity index (χ3n) is 9.15. The molecule has 0 aromatic heterocycles. The highest BCUT2D eigenvalue weighted by Gasteiger charge is 2.59. The summed E-state index contributed by atoms with van der Waals surface area (Å²) in [5.41, 5.74) is -0.352. The van der Waals surface area contributed by atoms with Crippen molar-refractivity contribution in [3.63, 3.8) is 0 Å². The minimum absolute atomic E-state index is 0.0970. The van der Waals surface area contributed by atoms with Crippen molar-refractivity contribution < 1.29 is 34.1 Å². The van der Waals surface area contributed by atoms with Crippen LogP contribution in [0.2, 0.25) is 0 Å². The van der Waals surface area contributed by atoms with E-state index in [2.05, 4.69) is 44.2 Å². The van der Waals surface area contributed by atoms with Crippen LogP contribution >= 0.6 is 0 Å². The molecule has 214 valence electrons. The van der Waals surface area contributed by atoms with E-state index in [4.69, 9.17) is 18.9 Å². The van der Waals surface area contributed by atoms with Gasteiger partial charge in [-0.3, -0.25) is 4.79 Å². The molecular weight excluding hydrogens is 498 g/mol. The lowest BCUT2D eigenvalue weighted by molar-refractivity contribution is -0.335. The molecule has 5 aliphatic rings. The van der Waals surface area contributed by atoms with Crippen LogP contribution in [0, 0.1) is 17.8 Å². The van der Waals surface area contributed by atoms with Gasteiger partial charge in [-0.05, 0) is 55.6 Å². The number of nitrogens with zero attached hydrogens (tertiary/aromatic N) is 1. The van der Waals surface area contributed by atoms with Crippen molar-refractivity contribution in [1.29, 1.82) is 0 Å². The largest absolute Gasteiger partial charge is 0.462 e. The summed E-state index contributed by atoms with van der Waals surface area (Å²) in [5, 5.41) is 25.2. The van der Waals surface area contributed by atoms with Crippen LogP contribution in [0.15, 0.2) is 52.8 Å². The molecule has 3 fully saturated rings. The molecular formula is C31H43NO7. The van der Waals surface area contributed by atoms with Gasteiger partial charge in [0.25, 0.3) is 0 Å². The van der Waals surface area contributed by atoms with Gasteiger partial charge in [-0.15, -0.1) is 0 Å². The van der Waals surface area contributed by atoms with Crippen molar-refractivity contribution in [3.05, 3.63) is 47.6 Å². The SMILES string of the molecule is CC[C@H]1O[C@]2(CC[C@@H]1C)C[C@@H]1CC(C/C=C/C[C@@H](C)/C=C/C=C3\CO[C@@H]4/C(=N\O)C(C)=C[C@@H](C(=O)O1)[C@]34O)O2. The normalized spacial score (nSPS) is 47.1. The first kappa shape index (κ1) is 28.3. The fourth-order valence-corrected chi connectivity index (χ4v) is 6.87. The molecule has 4 aliphatic heterocycles. The fourth-order valence-electron chi connectivity index (χ4n) is 6.87. The van der Waals surface area contributed by atoms with Gasteiger partial charge in [0.2, 0.25) is 0 Å². The minimum atomic E-state index is -1.71. The Bertz CT molecular complexity index is 1090. The van der Waals surface area contributed by atoms with Gasteiger partial charge in [-0.1, -0.05) is 62.4 Å². The van der Waals surface area contributed by atoms with Gasteiger partial charge in [-0.2, -0.15) is 0 Å². The monoisotopic (exact) mass is 541 g/mol. The van der Waals surface area contributed by atoms with Gasteiger partial charge in [0.05, 0.1) is 18.8 Å². The lowest BCUT2D eigenvalue weighted by Crippen LogP contribution is -2.57. The molecule has 8 nitrogen and oxygen atoms in total. The lowest BCUT2D eigenvalue weighted by atomic mass is 9.71. The van der Waals surface area contributed by atoms with Crippen molar-refractivity contribution in [2.24, 2.45) is 22.9 Å². The summed E-state index contributed by atoms with van der Waals surface area (Å²) < 4.78 is 25.4. The van der Waals surface area contributed by atoms with E-state index >= 15 is 0 Å². The first-order valence-corrected chi connectivity index (χ1v) is 14.5. The minimum Gasteiger partial charge on any atom is -0.462 e. The average Bonchev–Trinajstić information content (AvgIpc) is 3.23. The Labute approximate surface area is 231 Å². The van der Waals surface area contributed by atoms with Gasteiger partial charge in [0.1, 0.15) is 29.4 Å². The molecule has 3 saturated heterocycles. The van der Waals surface area contributed by atoms with Crippen LogP contribution in [-0.2, 0) is 23.7 Å². The molecule has 1 aliphatic carbocycles. The van der Waals surface area contributed by atoms with E-state index in [1.165, 1.54) is 0 Å². The number of esters is 1. The maximum atomic E-state index is 13.9. The number of carbonyl (C=O) groups excluding carboxylic acids is 1. The number of aliphatic hydroxyl groups is 1. The third-order valence-corrected chi connectivity index (χ3v) is 9.15. The standard InChI is InChI=1S/C31H43NO7/c1-5-26-20(3)13-14-30(39-26)17-24-16-23(38-30)12-7-6-9-19(2)10-8-11-22-18-36-28-27(32-35)21(4)15-25(29(33)37-24)31(22,28)34/h6-8,10-11,15,19-20,23-26,28,34-35H,5,9,12-14,16-18H2,1-4H3/b7-6+,10-8+,22-11+,32-27-/t19-,20+,23?,24+,25+,26-,28-,30-,31-/m1/s1. The quantitative estimate of drug-likeness (QED) is 0.208. The smallest absolute Gasteiger partial charge is 0.316 e. The van der Waals surface area contributed by atoms with E-state index in [-0.39, 0.29) is 30.4 Å². The van der Waals surface area contributed by atoms with Crippen LogP contribution in [0.25, 0.3) is 0 Å². The van der Waals surface area contributed by atoms with Crippen LogP contribution < -0.4 is 0 Å². The highest BCUT2D eigenvalue weighted by atomic mass is 16.7. The van der Waals surface area contributed by atoms with Crippen LogP contribution in [0.3, 0.4) is 0 Å². The van der Waals surface area contributed by atoms with Crippen LogP contribution in [-0.4, -0.2) is 64.4 Å². The zero-order valence-corrected chi connectivity index (χ0v) is 23.5. The summed E-state index contributed by atoms with van der Waals surface area (Å²) in [6.45, 7) is 8.36. The van der Waals surface area contributed by atoms with Gasteiger partial charge >= 0.3 is 5.97 Å². The summed E-state index contributed by atoms with van der Waals surface area (Å²) >= 11 is 0. The van der Waals surface area contributed by atoms with E-state index in [1.807, 2.05) is 12.2 Å². The number of fused-ring (bicyclic) bond motifs is 2. The van der Waals surface area contributed by atoms with E-state index < -0.39 is 35.5 Å². The molecule has 4 heterocycles. The Balaban J connectivity index is 1.51. The molecule has 0 amide bonds. The van der Waals surface area contributed by atoms with Crippen molar-refractivity contribution in [2.45, 2.75) is 108 Å². The number of ether oxygens (including phenoxy) is 4. The van der Waals surface area contributed by atoms with Gasteiger partial charge in [0.15, 0.2) is 5.79 Å². The Kier molecular flexibility index (Phi) is 8.20. The zero-order chi connectivity index (χ0) is 27.8. The number of oxime groups is 1. The number of rotatable bonds is 1. The Morgan fingerprint density at radius 1 is 1.15 bits per heavy atom. The maximum Gasteiger partial charge on any atom is 0.316 e. The molecule has 5 rings (SSSR count). The Hall–Kier alpha value is -2.26. The molecule has 0 aromatic rings. The zero-order valence-electron chi connectivity index (χ0n) is 23.5. The molecule has 2 N–H and O–H groups in total. The summed E-state index contributed by atoms with van der Waals surface area (Å²) in [6.07, 6.45) is 15.6. The molecule has 0 radical (unpaired) electrons. The number of hydrogen-bond acceptors (Lipinski definition) is 8. The summed E-state index contributed by atoms with van der Waals surface area (Å²) in [5.74, 6) is -1.59. The Morgan fingerprint density at radius 2 is 1.95 bits per heavy atom. The van der Waals surface area contributed by atoms with Crippen LogP contribution in [0.5, 0.6) is 0 Å². The molecule has 39 heavy (non-hydrogen) atoms. The van der Waals surface area contributed by atoms with Gasteiger partial charge in [-0.25, -0.2) is 0 Å². The third kappa shape index (κ3) is 5.41. The summed E-state index contributed by atoms with van der Waals surface area (Å²) in [6, 6.07) is 0. The van der Waals surface area contributed by atoms with Crippen molar-refractivity contribution >= 4 is 11.7 Å². The van der Waals surface area contributed by atoms with Gasteiger partial charge < -0.3 is 29.3 Å². The van der Waals surface area contributed by atoms with Crippen molar-refractivity contribution in [1.82, 2.24) is 0 Å². The molecule has 0 aromatic carbocycles. The number of allylic oxidation sites excluding steroid dienone is 4. The summed E-state index contributed by atoms with van der Waals surface area (Å²) in [4.78, 5) is 13.9. The summed E-state index contributed by atoms with van der Waals surface area (Å²) in [7, 11) is 0. The molecule has 1 spiro atoms. The van der Waals surface area contributed by atoms with Crippen molar-refractivity contribution in [2.75, 3.05) is 6.61 Å². The molecule has 8 heteroatoms. The average molecular weight is 542 g/mol. The van der Waals surface area contributed by atoms with Gasteiger partial charge in [0, 0.05) is 19.3 Å². The predicted molar refractivity (Wildman–Crippen MR) is 146 cm³/mol. The number of hydrogen-bond donors (Lipinski definition) is 2. The highest BCUT2D eigenvalue weighted by Crippen LogP contribution is 2.46. The van der Waals surface area contributed by atoms with Crippen LogP contribution in [0.4, 0.5) is 0 Å². The first-order valence-electron chi connectivity index (χ1n) is 14.5. The van der Waals surface area contributed by atoms with E-state index in [9.17, 15) is 15.1 Å². The van der Waals surface area contributed by atoms with Crippen molar-refractivity contribution in [3.8, 4) is 0 Å². The second-order valence-corrected chi connectivity index (χ2v) is 12.1. The predicted octanol–water partition coefficient (Wildman–Crippen LogP) is 5.00. The maximum absolute atomic E-state index is 13.9. The topological polar surface area (TPSA) is 107 Å². The van der Waals surface area contributed by atoms with Crippen LogP contribution in [0.1, 0.15) is 72.6 Å². The molecule has 9 atom stereocenters. The molecule has 2 bridgehead atoms. The highest BCUT2D eigenvalue weighted by molar-refractivity contribution is 6.06. The Morgan fingerprint density at radius 3 is 2.72 bits per heavy atom. The second kappa shape index (κ2) is 11.3. The lowest BCUT2D eigenvalue weighted by Gasteiger charge is -2.49.